The first-order valence-corrected chi connectivity index (χ1v) is 7.69. The number of carbonyl (C=O) groups is 1. The molecule has 0 aliphatic carbocycles. The van der Waals surface area contributed by atoms with Crippen LogP contribution in [-0.4, -0.2) is 22.8 Å². The number of carboxylic acids is 1. The summed E-state index contributed by atoms with van der Waals surface area (Å²) in [6.07, 6.45) is 0.364. The summed E-state index contributed by atoms with van der Waals surface area (Å²) in [4.78, 5) is 11.6. The molecule has 0 aliphatic heterocycles. The van der Waals surface area contributed by atoms with E-state index in [1.54, 1.807) is 12.1 Å². The summed E-state index contributed by atoms with van der Waals surface area (Å²) in [5.74, 6) is -0.282. The quantitative estimate of drug-likeness (QED) is 0.815. The zero-order valence-corrected chi connectivity index (χ0v) is 13.4. The average Bonchev–Trinajstić information content (AvgIpc) is 2.51. The molecule has 0 saturated heterocycles. The number of rotatable bonds is 7. The maximum atomic E-state index is 11.6. The highest BCUT2D eigenvalue weighted by atomic mass is 16.5. The maximum absolute atomic E-state index is 11.6. The van der Waals surface area contributed by atoms with Gasteiger partial charge in [0, 0.05) is 0 Å². The molecule has 23 heavy (non-hydrogen) atoms. The van der Waals surface area contributed by atoms with Gasteiger partial charge in [0.1, 0.15) is 11.5 Å². The Bertz CT molecular complexity index is 647. The van der Waals surface area contributed by atoms with Gasteiger partial charge in [-0.3, -0.25) is 4.79 Å². The molecule has 0 aromatic heterocycles. The third kappa shape index (κ3) is 5.02. The smallest absolute Gasteiger partial charge is 0.311 e. The molecule has 1 unspecified atom stereocenters. The van der Waals surface area contributed by atoms with Crippen molar-refractivity contribution in [2.45, 2.75) is 26.2 Å². The molecular formula is C19H22O4. The molecule has 4 heteroatoms. The Labute approximate surface area is 136 Å². The van der Waals surface area contributed by atoms with Gasteiger partial charge < -0.3 is 14.9 Å². The van der Waals surface area contributed by atoms with Crippen molar-refractivity contribution in [3.05, 3.63) is 59.7 Å². The summed E-state index contributed by atoms with van der Waals surface area (Å²) in [6, 6.07) is 13.9. The fraction of sp³-hybridized carbons (Fsp3) is 0.316. The van der Waals surface area contributed by atoms with Crippen LogP contribution < -0.4 is 4.74 Å². The molecule has 0 saturated carbocycles. The van der Waals surface area contributed by atoms with Crippen LogP contribution in [0.4, 0.5) is 0 Å². The largest absolute Gasteiger partial charge is 0.508 e. The van der Waals surface area contributed by atoms with E-state index in [1.807, 2.05) is 24.3 Å². The summed E-state index contributed by atoms with van der Waals surface area (Å²) < 4.78 is 5.63. The van der Waals surface area contributed by atoms with Gasteiger partial charge in [-0.25, -0.2) is 0 Å². The minimum absolute atomic E-state index is 0.0752. The van der Waals surface area contributed by atoms with Gasteiger partial charge in [-0.05, 0) is 47.7 Å². The van der Waals surface area contributed by atoms with Gasteiger partial charge in [-0.2, -0.15) is 0 Å². The summed E-state index contributed by atoms with van der Waals surface area (Å²) in [7, 11) is 0. The lowest BCUT2D eigenvalue weighted by molar-refractivity contribution is -0.138. The van der Waals surface area contributed by atoms with E-state index in [4.69, 9.17) is 4.74 Å². The third-order valence-corrected chi connectivity index (χ3v) is 3.52. The van der Waals surface area contributed by atoms with Crippen molar-refractivity contribution in [3.63, 3.8) is 0 Å². The number of carboxylic acid groups (broad SMARTS) is 1. The Balaban J connectivity index is 2.10. The van der Waals surface area contributed by atoms with E-state index in [9.17, 15) is 15.0 Å². The van der Waals surface area contributed by atoms with Gasteiger partial charge in [0.2, 0.25) is 0 Å². The molecule has 2 aromatic rings. The van der Waals surface area contributed by atoms with E-state index in [-0.39, 0.29) is 5.75 Å². The minimum Gasteiger partial charge on any atom is -0.508 e. The first-order chi connectivity index (χ1) is 11.0. The highest BCUT2D eigenvalue weighted by Gasteiger charge is 2.20. The molecule has 122 valence electrons. The maximum Gasteiger partial charge on any atom is 0.311 e. The molecule has 0 radical (unpaired) electrons. The zero-order chi connectivity index (χ0) is 16.8. The van der Waals surface area contributed by atoms with Gasteiger partial charge in [0.15, 0.2) is 0 Å². The molecule has 2 N–H and O–H groups in total. The molecule has 0 bridgehead atoms. The van der Waals surface area contributed by atoms with Crippen LogP contribution in [0.2, 0.25) is 0 Å². The van der Waals surface area contributed by atoms with E-state index < -0.39 is 11.9 Å². The number of aromatic hydroxyl groups is 1. The molecule has 2 rings (SSSR count). The SMILES string of the molecule is CC(C)COc1ccc(CC(C(=O)O)c2cccc(O)c2)cc1. The second-order valence-electron chi connectivity index (χ2n) is 6.04. The van der Waals surface area contributed by atoms with Crippen molar-refractivity contribution in [1.82, 2.24) is 0 Å². The minimum atomic E-state index is -0.907. The second kappa shape index (κ2) is 7.68. The van der Waals surface area contributed by atoms with Crippen molar-refractivity contribution in [1.29, 1.82) is 0 Å². The van der Waals surface area contributed by atoms with Crippen molar-refractivity contribution in [2.24, 2.45) is 5.92 Å². The average molecular weight is 314 g/mol. The van der Waals surface area contributed by atoms with E-state index in [2.05, 4.69) is 13.8 Å². The molecule has 0 amide bonds. The number of phenols is 1. The van der Waals surface area contributed by atoms with Gasteiger partial charge in [-0.1, -0.05) is 38.1 Å². The number of phenolic OH excluding ortho intramolecular Hbond substituents is 1. The van der Waals surface area contributed by atoms with Crippen LogP contribution >= 0.6 is 0 Å². The molecule has 0 aliphatic rings. The highest BCUT2D eigenvalue weighted by Crippen LogP contribution is 2.25. The number of ether oxygens (including phenoxy) is 1. The van der Waals surface area contributed by atoms with Crippen LogP contribution in [0.25, 0.3) is 0 Å². The third-order valence-electron chi connectivity index (χ3n) is 3.52. The highest BCUT2D eigenvalue weighted by molar-refractivity contribution is 5.76. The Morgan fingerprint density at radius 2 is 1.83 bits per heavy atom. The lowest BCUT2D eigenvalue weighted by Crippen LogP contribution is -2.14. The van der Waals surface area contributed by atoms with E-state index in [0.29, 0.717) is 24.5 Å². The van der Waals surface area contributed by atoms with Gasteiger partial charge in [-0.15, -0.1) is 0 Å². The lowest BCUT2D eigenvalue weighted by atomic mass is 9.92. The Kier molecular flexibility index (Phi) is 5.63. The van der Waals surface area contributed by atoms with Crippen molar-refractivity contribution < 1.29 is 19.7 Å². The van der Waals surface area contributed by atoms with E-state index in [1.165, 1.54) is 12.1 Å². The zero-order valence-electron chi connectivity index (χ0n) is 13.4. The molecule has 2 aromatic carbocycles. The molecule has 0 spiro atoms. The van der Waals surface area contributed by atoms with Crippen molar-refractivity contribution >= 4 is 5.97 Å². The molecule has 4 nitrogen and oxygen atoms in total. The number of aliphatic carboxylic acids is 1. The normalized spacial score (nSPS) is 12.1. The van der Waals surface area contributed by atoms with Crippen LogP contribution in [0, 0.1) is 5.92 Å². The monoisotopic (exact) mass is 314 g/mol. The molecule has 0 fully saturated rings. The standard InChI is InChI=1S/C19H22O4/c1-13(2)12-23-17-8-6-14(7-9-17)10-18(19(21)22)15-4-3-5-16(20)11-15/h3-9,11,13,18,20H,10,12H2,1-2H3,(H,21,22). The Morgan fingerprint density at radius 1 is 1.13 bits per heavy atom. The van der Waals surface area contributed by atoms with Gasteiger partial charge in [0.05, 0.1) is 12.5 Å². The van der Waals surface area contributed by atoms with Crippen LogP contribution in [0.15, 0.2) is 48.5 Å². The fourth-order valence-electron chi connectivity index (χ4n) is 2.31. The van der Waals surface area contributed by atoms with E-state index >= 15 is 0 Å². The van der Waals surface area contributed by atoms with Crippen LogP contribution in [0.1, 0.15) is 30.9 Å². The summed E-state index contributed by atoms with van der Waals surface area (Å²) in [5.41, 5.74) is 1.51. The predicted octanol–water partition coefficient (Wildman–Crippen LogP) is 3.84. The first kappa shape index (κ1) is 16.9. The van der Waals surface area contributed by atoms with Crippen LogP contribution in [0.5, 0.6) is 11.5 Å². The molecule has 1 atom stereocenters. The fourth-order valence-corrected chi connectivity index (χ4v) is 2.31. The van der Waals surface area contributed by atoms with E-state index in [0.717, 1.165) is 11.3 Å². The predicted molar refractivity (Wildman–Crippen MR) is 89.0 cm³/mol. The Hall–Kier alpha value is -2.49. The van der Waals surface area contributed by atoms with Crippen LogP contribution in [-0.2, 0) is 11.2 Å². The lowest BCUT2D eigenvalue weighted by Gasteiger charge is -2.14. The Morgan fingerprint density at radius 3 is 2.39 bits per heavy atom. The molecule has 0 heterocycles. The number of benzene rings is 2. The summed E-state index contributed by atoms with van der Waals surface area (Å²) >= 11 is 0. The topological polar surface area (TPSA) is 66.8 Å². The van der Waals surface area contributed by atoms with Crippen molar-refractivity contribution in [2.75, 3.05) is 6.61 Å². The number of hydrogen-bond acceptors (Lipinski definition) is 3. The number of hydrogen-bond donors (Lipinski definition) is 2. The first-order valence-electron chi connectivity index (χ1n) is 7.69. The van der Waals surface area contributed by atoms with Gasteiger partial charge in [0.25, 0.3) is 0 Å². The summed E-state index contributed by atoms with van der Waals surface area (Å²) in [6.45, 7) is 4.82. The van der Waals surface area contributed by atoms with Crippen LogP contribution in [0.3, 0.4) is 0 Å². The second-order valence-corrected chi connectivity index (χ2v) is 6.04. The molecular weight excluding hydrogens is 292 g/mol. The van der Waals surface area contributed by atoms with Crippen molar-refractivity contribution in [3.8, 4) is 11.5 Å². The summed E-state index contributed by atoms with van der Waals surface area (Å²) in [5, 5.41) is 19.0. The van der Waals surface area contributed by atoms with Gasteiger partial charge >= 0.3 is 5.97 Å².